The molecule has 0 atom stereocenters. The van der Waals surface area contributed by atoms with Crippen LogP contribution in [0.15, 0.2) is 30.3 Å². The number of thiophene rings is 1. The highest BCUT2D eigenvalue weighted by Gasteiger charge is 2.17. The first-order chi connectivity index (χ1) is 10.5. The number of carbonyl (C=O) groups excluding carboxylic acids is 1. The summed E-state index contributed by atoms with van der Waals surface area (Å²) in [5.41, 5.74) is 1.18. The molecule has 7 heteroatoms. The van der Waals surface area contributed by atoms with Crippen molar-refractivity contribution in [3.8, 4) is 0 Å². The fourth-order valence-electron chi connectivity index (χ4n) is 1.79. The van der Waals surface area contributed by atoms with Crippen molar-refractivity contribution in [2.75, 3.05) is 17.7 Å². The smallest absolute Gasteiger partial charge is 0.340 e. The topological polar surface area (TPSA) is 50.4 Å². The molecule has 1 aromatic heterocycles. The molecule has 0 spiro atoms. The van der Waals surface area contributed by atoms with Gasteiger partial charge in [0.15, 0.2) is 5.11 Å². The number of rotatable bonds is 4. The molecule has 0 fully saturated rings. The molecule has 1 heterocycles. The molecule has 0 aliphatic heterocycles. The average Bonchev–Trinajstić information content (AvgIpc) is 2.91. The predicted molar refractivity (Wildman–Crippen MR) is 96.3 cm³/mol. The van der Waals surface area contributed by atoms with Gasteiger partial charge in [0.2, 0.25) is 0 Å². The van der Waals surface area contributed by atoms with Gasteiger partial charge in [-0.25, -0.2) is 4.79 Å². The van der Waals surface area contributed by atoms with E-state index in [1.165, 1.54) is 18.4 Å². The fraction of sp³-hybridized carbons (Fsp3) is 0.200. The zero-order valence-electron chi connectivity index (χ0n) is 12.1. The van der Waals surface area contributed by atoms with Crippen LogP contribution in [0.5, 0.6) is 0 Å². The Labute approximate surface area is 143 Å². The van der Waals surface area contributed by atoms with Crippen LogP contribution in [-0.4, -0.2) is 18.2 Å². The van der Waals surface area contributed by atoms with Gasteiger partial charge in [-0.3, -0.25) is 0 Å². The molecule has 0 bridgehead atoms. The maximum Gasteiger partial charge on any atom is 0.340 e. The summed E-state index contributed by atoms with van der Waals surface area (Å²) in [6.45, 7) is 2.02. The van der Waals surface area contributed by atoms with Gasteiger partial charge in [-0.05, 0) is 36.8 Å². The first-order valence-corrected chi connectivity index (χ1v) is 8.19. The van der Waals surface area contributed by atoms with Crippen LogP contribution in [-0.2, 0) is 11.2 Å². The van der Waals surface area contributed by atoms with E-state index in [0.29, 0.717) is 26.4 Å². The average molecular weight is 355 g/mol. The Balaban J connectivity index is 2.16. The van der Waals surface area contributed by atoms with Gasteiger partial charge in [-0.2, -0.15) is 0 Å². The lowest BCUT2D eigenvalue weighted by Crippen LogP contribution is -2.20. The van der Waals surface area contributed by atoms with Gasteiger partial charge in [-0.1, -0.05) is 30.7 Å². The molecule has 0 amide bonds. The molecule has 22 heavy (non-hydrogen) atoms. The quantitative estimate of drug-likeness (QED) is 0.622. The summed E-state index contributed by atoms with van der Waals surface area (Å²) in [4.78, 5) is 12.9. The van der Waals surface area contributed by atoms with E-state index < -0.39 is 0 Å². The van der Waals surface area contributed by atoms with Crippen molar-refractivity contribution in [1.29, 1.82) is 0 Å². The molecule has 2 N–H and O–H groups in total. The van der Waals surface area contributed by atoms with Gasteiger partial charge in [0, 0.05) is 4.88 Å². The maximum atomic E-state index is 11.8. The molecule has 1 aromatic carbocycles. The summed E-state index contributed by atoms with van der Waals surface area (Å²) < 4.78 is 4.80. The van der Waals surface area contributed by atoms with E-state index >= 15 is 0 Å². The zero-order chi connectivity index (χ0) is 16.1. The minimum absolute atomic E-state index is 0.364. The van der Waals surface area contributed by atoms with Crippen LogP contribution in [0.4, 0.5) is 10.7 Å². The molecular weight excluding hydrogens is 340 g/mol. The highest BCUT2D eigenvalue weighted by Crippen LogP contribution is 2.29. The molecule has 0 aliphatic rings. The number of hydrogen-bond donors (Lipinski definition) is 2. The minimum atomic E-state index is -0.390. The minimum Gasteiger partial charge on any atom is -0.465 e. The van der Waals surface area contributed by atoms with Gasteiger partial charge in [0.25, 0.3) is 0 Å². The number of aryl methyl sites for hydroxylation is 1. The predicted octanol–water partition coefficient (Wildman–Crippen LogP) is 4.56. The number of esters is 1. The van der Waals surface area contributed by atoms with Crippen molar-refractivity contribution < 1.29 is 9.53 Å². The van der Waals surface area contributed by atoms with E-state index in [2.05, 4.69) is 10.6 Å². The molecule has 0 aliphatic carbocycles. The van der Waals surface area contributed by atoms with Crippen LogP contribution in [0.25, 0.3) is 0 Å². The van der Waals surface area contributed by atoms with Crippen molar-refractivity contribution in [2.24, 2.45) is 0 Å². The Bertz CT molecular complexity index is 701. The van der Waals surface area contributed by atoms with Crippen molar-refractivity contribution >= 4 is 56.9 Å². The van der Waals surface area contributed by atoms with Crippen LogP contribution in [0, 0.1) is 0 Å². The van der Waals surface area contributed by atoms with E-state index in [4.69, 9.17) is 28.6 Å². The van der Waals surface area contributed by atoms with Gasteiger partial charge >= 0.3 is 5.97 Å². The number of benzene rings is 1. The monoisotopic (exact) mass is 354 g/mol. The number of halogens is 1. The number of anilines is 2. The lowest BCUT2D eigenvalue weighted by Gasteiger charge is -2.11. The molecule has 4 nitrogen and oxygen atoms in total. The van der Waals surface area contributed by atoms with Crippen molar-refractivity contribution in [3.05, 3.63) is 45.8 Å². The van der Waals surface area contributed by atoms with E-state index in [0.717, 1.165) is 11.3 Å². The second kappa shape index (κ2) is 7.58. The number of nitrogens with one attached hydrogen (secondary N) is 2. The van der Waals surface area contributed by atoms with E-state index in [1.54, 1.807) is 6.07 Å². The highest BCUT2D eigenvalue weighted by molar-refractivity contribution is 7.80. The number of methoxy groups -OCH3 is 1. The molecular formula is C15H15ClN2O2S2. The maximum absolute atomic E-state index is 11.8. The Hall–Kier alpha value is -1.63. The summed E-state index contributed by atoms with van der Waals surface area (Å²) in [5, 5.41) is 7.64. The number of carbonyl (C=O) groups is 1. The van der Waals surface area contributed by atoms with Crippen LogP contribution in [0.3, 0.4) is 0 Å². The highest BCUT2D eigenvalue weighted by atomic mass is 35.5. The molecule has 2 rings (SSSR count). The largest absolute Gasteiger partial charge is 0.465 e. The molecule has 2 aromatic rings. The Morgan fingerprint density at radius 3 is 2.73 bits per heavy atom. The van der Waals surface area contributed by atoms with E-state index in [-0.39, 0.29) is 5.97 Å². The van der Waals surface area contributed by atoms with Crippen molar-refractivity contribution in [2.45, 2.75) is 13.3 Å². The first-order valence-electron chi connectivity index (χ1n) is 6.58. The fourth-order valence-corrected chi connectivity index (χ4v) is 3.24. The summed E-state index contributed by atoms with van der Waals surface area (Å²) in [5.74, 6) is -0.390. The summed E-state index contributed by atoms with van der Waals surface area (Å²) in [6.07, 6.45) is 0.834. The summed E-state index contributed by atoms with van der Waals surface area (Å²) in [7, 11) is 1.36. The van der Waals surface area contributed by atoms with Gasteiger partial charge in [-0.15, -0.1) is 11.3 Å². The van der Waals surface area contributed by atoms with Gasteiger partial charge in [0.05, 0.1) is 23.4 Å². The van der Waals surface area contributed by atoms with Gasteiger partial charge < -0.3 is 15.4 Å². The number of ether oxygens (including phenoxy) is 1. The number of hydrogen-bond acceptors (Lipinski definition) is 4. The zero-order valence-corrected chi connectivity index (χ0v) is 14.5. The van der Waals surface area contributed by atoms with E-state index in [1.807, 2.05) is 31.2 Å². The normalized spacial score (nSPS) is 10.1. The van der Waals surface area contributed by atoms with Crippen molar-refractivity contribution in [1.82, 2.24) is 0 Å². The third-order valence-electron chi connectivity index (χ3n) is 2.89. The molecule has 0 saturated heterocycles. The van der Waals surface area contributed by atoms with Crippen LogP contribution < -0.4 is 10.6 Å². The van der Waals surface area contributed by atoms with Crippen LogP contribution in [0.1, 0.15) is 22.2 Å². The molecule has 116 valence electrons. The number of para-hydroxylation sites is 1. The first kappa shape index (κ1) is 16.7. The van der Waals surface area contributed by atoms with Gasteiger partial charge in [0.1, 0.15) is 5.00 Å². The standard InChI is InChI=1S/C15H15ClN2O2S2/c1-3-9-8-10(14(19)20-2)13(22-9)18-15(21)17-12-7-5-4-6-11(12)16/h4-8H,3H2,1-2H3,(H2,17,18,21). The third-order valence-corrected chi connectivity index (χ3v) is 4.61. The van der Waals surface area contributed by atoms with Crippen LogP contribution in [0.2, 0.25) is 5.02 Å². The Kier molecular flexibility index (Phi) is 5.76. The Morgan fingerprint density at radius 2 is 2.09 bits per heavy atom. The summed E-state index contributed by atoms with van der Waals surface area (Å²) in [6, 6.07) is 9.11. The molecule has 0 saturated carbocycles. The summed E-state index contributed by atoms with van der Waals surface area (Å²) >= 11 is 12.8. The van der Waals surface area contributed by atoms with Crippen LogP contribution >= 0.6 is 35.2 Å². The molecule has 0 radical (unpaired) electrons. The Morgan fingerprint density at radius 1 is 1.36 bits per heavy atom. The lowest BCUT2D eigenvalue weighted by atomic mass is 10.2. The third kappa shape index (κ3) is 3.97. The van der Waals surface area contributed by atoms with Crippen molar-refractivity contribution in [3.63, 3.8) is 0 Å². The SMILES string of the molecule is CCc1cc(C(=O)OC)c(NC(=S)Nc2ccccc2Cl)s1. The number of thiocarbonyl (C=S) groups is 1. The second-order valence-electron chi connectivity index (χ2n) is 4.36. The molecule has 0 unspecified atom stereocenters. The lowest BCUT2D eigenvalue weighted by molar-refractivity contribution is 0.0602. The second-order valence-corrected chi connectivity index (χ2v) is 6.31. The van der Waals surface area contributed by atoms with E-state index in [9.17, 15) is 4.79 Å².